The van der Waals surface area contributed by atoms with E-state index in [-0.39, 0.29) is 35.1 Å². The topological polar surface area (TPSA) is 81.7 Å². The second kappa shape index (κ2) is 7.71. The molecule has 1 aromatic carbocycles. The molecule has 1 saturated heterocycles. The van der Waals surface area contributed by atoms with Gasteiger partial charge in [0.1, 0.15) is 6.10 Å². The number of amides is 1. The van der Waals surface area contributed by atoms with Gasteiger partial charge in [-0.3, -0.25) is 4.79 Å². The Bertz CT molecular complexity index is 587. The van der Waals surface area contributed by atoms with Gasteiger partial charge in [-0.1, -0.05) is 18.2 Å². The molecule has 0 bridgehead atoms. The van der Waals surface area contributed by atoms with Gasteiger partial charge in [-0.05, 0) is 18.6 Å². The van der Waals surface area contributed by atoms with E-state index in [1.165, 1.54) is 12.1 Å². The van der Waals surface area contributed by atoms with Crippen LogP contribution < -0.4 is 5.32 Å². The SMILES string of the molecule is CO[C@@H]1COCC[C@H]1NC(=O)CCS(=O)(=O)c1ccccc1. The van der Waals surface area contributed by atoms with Gasteiger partial charge in [-0.25, -0.2) is 8.42 Å². The summed E-state index contributed by atoms with van der Waals surface area (Å²) in [7, 11) is -1.86. The van der Waals surface area contributed by atoms with E-state index in [1.54, 1.807) is 25.3 Å². The molecule has 122 valence electrons. The Balaban J connectivity index is 1.87. The van der Waals surface area contributed by atoms with E-state index in [4.69, 9.17) is 9.47 Å². The van der Waals surface area contributed by atoms with E-state index in [2.05, 4.69) is 5.32 Å². The fraction of sp³-hybridized carbons (Fsp3) is 0.533. The number of hydrogen-bond donors (Lipinski definition) is 1. The normalized spacial score (nSPS) is 22.2. The van der Waals surface area contributed by atoms with Crippen molar-refractivity contribution < 1.29 is 22.7 Å². The van der Waals surface area contributed by atoms with Crippen molar-refractivity contribution in [3.63, 3.8) is 0 Å². The molecule has 1 fully saturated rings. The minimum Gasteiger partial charge on any atom is -0.379 e. The number of carbonyl (C=O) groups is 1. The molecule has 0 radical (unpaired) electrons. The number of carbonyl (C=O) groups excluding carboxylic acids is 1. The first-order valence-corrected chi connectivity index (χ1v) is 8.86. The first-order chi connectivity index (χ1) is 10.5. The molecule has 1 aliphatic heterocycles. The zero-order valence-electron chi connectivity index (χ0n) is 12.5. The van der Waals surface area contributed by atoms with E-state index in [0.29, 0.717) is 19.6 Å². The average Bonchev–Trinajstić information content (AvgIpc) is 2.54. The van der Waals surface area contributed by atoms with Crippen LogP contribution in [0.5, 0.6) is 0 Å². The molecule has 0 unspecified atom stereocenters. The molecule has 6 nitrogen and oxygen atoms in total. The van der Waals surface area contributed by atoms with Crippen LogP contribution in [-0.4, -0.2) is 52.5 Å². The lowest BCUT2D eigenvalue weighted by atomic mass is 10.1. The number of benzene rings is 1. The van der Waals surface area contributed by atoms with Crippen LogP contribution in [-0.2, 0) is 24.1 Å². The quantitative estimate of drug-likeness (QED) is 0.834. The molecule has 1 N–H and O–H groups in total. The number of sulfone groups is 1. The Morgan fingerprint density at radius 3 is 2.77 bits per heavy atom. The molecular weight excluding hydrogens is 306 g/mol. The van der Waals surface area contributed by atoms with E-state index < -0.39 is 9.84 Å². The van der Waals surface area contributed by atoms with Gasteiger partial charge in [-0.2, -0.15) is 0 Å². The lowest BCUT2D eigenvalue weighted by Crippen LogP contribution is -2.49. The minimum absolute atomic E-state index is 0.0645. The second-order valence-corrected chi connectivity index (χ2v) is 7.30. The second-order valence-electron chi connectivity index (χ2n) is 5.19. The van der Waals surface area contributed by atoms with Crippen LogP contribution in [0.2, 0.25) is 0 Å². The molecule has 2 atom stereocenters. The van der Waals surface area contributed by atoms with Crippen LogP contribution in [0.25, 0.3) is 0 Å². The summed E-state index contributed by atoms with van der Waals surface area (Å²) in [4.78, 5) is 12.2. The van der Waals surface area contributed by atoms with E-state index in [9.17, 15) is 13.2 Å². The maximum Gasteiger partial charge on any atom is 0.221 e. The van der Waals surface area contributed by atoms with Gasteiger partial charge >= 0.3 is 0 Å². The van der Waals surface area contributed by atoms with Gasteiger partial charge in [0.2, 0.25) is 5.91 Å². The molecule has 0 aromatic heterocycles. The Morgan fingerprint density at radius 2 is 2.09 bits per heavy atom. The first-order valence-electron chi connectivity index (χ1n) is 7.20. The summed E-state index contributed by atoms with van der Waals surface area (Å²) >= 11 is 0. The van der Waals surface area contributed by atoms with Gasteiger partial charge in [0.15, 0.2) is 9.84 Å². The Hall–Kier alpha value is -1.44. The molecule has 7 heteroatoms. The lowest BCUT2D eigenvalue weighted by Gasteiger charge is -2.31. The molecule has 2 rings (SSSR count). The summed E-state index contributed by atoms with van der Waals surface area (Å²) in [5, 5.41) is 2.84. The van der Waals surface area contributed by atoms with Crippen molar-refractivity contribution in [2.75, 3.05) is 26.1 Å². The van der Waals surface area contributed by atoms with Crippen LogP contribution >= 0.6 is 0 Å². The number of ether oxygens (including phenoxy) is 2. The summed E-state index contributed by atoms with van der Waals surface area (Å²) < 4.78 is 34.8. The van der Waals surface area contributed by atoms with Gasteiger partial charge in [0, 0.05) is 20.1 Å². The maximum absolute atomic E-state index is 12.1. The number of rotatable bonds is 6. The first kappa shape index (κ1) is 16.9. The van der Waals surface area contributed by atoms with Crippen LogP contribution in [0.4, 0.5) is 0 Å². The van der Waals surface area contributed by atoms with E-state index >= 15 is 0 Å². The highest BCUT2D eigenvalue weighted by atomic mass is 32.2. The number of hydrogen-bond acceptors (Lipinski definition) is 5. The Morgan fingerprint density at radius 1 is 1.36 bits per heavy atom. The van der Waals surface area contributed by atoms with Gasteiger partial charge in [-0.15, -0.1) is 0 Å². The Labute approximate surface area is 130 Å². The molecular formula is C15H21NO5S. The van der Waals surface area contributed by atoms with Gasteiger partial charge in [0.25, 0.3) is 0 Å². The maximum atomic E-state index is 12.1. The van der Waals surface area contributed by atoms with Crippen molar-refractivity contribution in [2.45, 2.75) is 29.9 Å². The molecule has 1 amide bonds. The summed E-state index contributed by atoms with van der Waals surface area (Å²) in [6.45, 7) is 0.997. The molecule has 22 heavy (non-hydrogen) atoms. The van der Waals surface area contributed by atoms with Crippen LogP contribution in [0.15, 0.2) is 35.2 Å². The highest BCUT2D eigenvalue weighted by molar-refractivity contribution is 7.91. The fourth-order valence-corrected chi connectivity index (χ4v) is 3.62. The Kier molecular flexibility index (Phi) is 5.93. The van der Waals surface area contributed by atoms with Crippen molar-refractivity contribution in [3.8, 4) is 0 Å². The van der Waals surface area contributed by atoms with Gasteiger partial charge < -0.3 is 14.8 Å². The standard InChI is InChI=1S/C15H21NO5S/c1-20-14-11-21-9-7-13(14)16-15(17)8-10-22(18,19)12-5-3-2-4-6-12/h2-6,13-14H,7-11H2,1H3,(H,16,17)/t13-,14-/m1/s1. The predicted molar refractivity (Wildman–Crippen MR) is 81.3 cm³/mol. The van der Waals surface area contributed by atoms with Crippen molar-refractivity contribution in [3.05, 3.63) is 30.3 Å². The third-order valence-electron chi connectivity index (χ3n) is 3.65. The van der Waals surface area contributed by atoms with Gasteiger partial charge in [0.05, 0.1) is 23.3 Å². The fourth-order valence-electron chi connectivity index (χ4n) is 2.36. The summed E-state index contributed by atoms with van der Waals surface area (Å²) in [6.07, 6.45) is 0.407. The highest BCUT2D eigenvalue weighted by Crippen LogP contribution is 2.13. The van der Waals surface area contributed by atoms with Crippen molar-refractivity contribution in [1.82, 2.24) is 5.32 Å². The summed E-state index contributed by atoms with van der Waals surface area (Å²) in [6, 6.07) is 8.02. The molecule has 0 aliphatic carbocycles. The molecule has 1 aliphatic rings. The smallest absolute Gasteiger partial charge is 0.221 e. The average molecular weight is 327 g/mol. The monoisotopic (exact) mass is 327 g/mol. The predicted octanol–water partition coefficient (Wildman–Crippen LogP) is 0.770. The third kappa shape index (κ3) is 4.53. The van der Waals surface area contributed by atoms with E-state index in [0.717, 1.165) is 0 Å². The molecule has 0 saturated carbocycles. The van der Waals surface area contributed by atoms with E-state index in [1.807, 2.05) is 0 Å². The zero-order chi connectivity index (χ0) is 16.0. The van der Waals surface area contributed by atoms with Crippen molar-refractivity contribution >= 4 is 15.7 Å². The molecule has 1 aromatic rings. The van der Waals surface area contributed by atoms with Crippen LogP contribution in [0.3, 0.4) is 0 Å². The number of nitrogens with one attached hydrogen (secondary N) is 1. The largest absolute Gasteiger partial charge is 0.379 e. The number of methoxy groups -OCH3 is 1. The minimum atomic E-state index is -3.43. The molecule has 1 heterocycles. The highest BCUT2D eigenvalue weighted by Gasteiger charge is 2.27. The third-order valence-corrected chi connectivity index (χ3v) is 5.39. The zero-order valence-corrected chi connectivity index (χ0v) is 13.3. The van der Waals surface area contributed by atoms with Crippen LogP contribution in [0, 0.1) is 0 Å². The summed E-state index contributed by atoms with van der Waals surface area (Å²) in [5.74, 6) is -0.488. The summed E-state index contributed by atoms with van der Waals surface area (Å²) in [5.41, 5.74) is 0. The van der Waals surface area contributed by atoms with Crippen LogP contribution in [0.1, 0.15) is 12.8 Å². The van der Waals surface area contributed by atoms with Crippen molar-refractivity contribution in [1.29, 1.82) is 0 Å². The molecule has 0 spiro atoms. The van der Waals surface area contributed by atoms with Crippen molar-refractivity contribution in [2.24, 2.45) is 0 Å². The lowest BCUT2D eigenvalue weighted by molar-refractivity contribution is -0.124.